The van der Waals surface area contributed by atoms with E-state index in [4.69, 9.17) is 0 Å². The zero-order valence-electron chi connectivity index (χ0n) is 17.9. The first kappa shape index (κ1) is 21.9. The highest BCUT2D eigenvalue weighted by Gasteiger charge is 2.30. The normalized spacial score (nSPS) is 12.2. The molecule has 0 atom stereocenters. The fraction of sp³-hybridized carbons (Fsp3) is 0.174. The molecule has 3 heterocycles. The molecule has 0 radical (unpaired) electrons. The number of rotatable bonds is 6. The van der Waals surface area contributed by atoms with Crippen molar-refractivity contribution in [3.63, 3.8) is 0 Å². The minimum atomic E-state index is -3.99. The van der Waals surface area contributed by atoms with Gasteiger partial charge in [-0.3, -0.25) is 4.79 Å². The van der Waals surface area contributed by atoms with E-state index >= 15 is 0 Å². The zero-order valence-corrected chi connectivity index (χ0v) is 20.4. The van der Waals surface area contributed by atoms with Crippen LogP contribution in [-0.4, -0.2) is 26.5 Å². The number of pyridine rings is 1. The van der Waals surface area contributed by atoms with Crippen molar-refractivity contribution in [1.82, 2.24) is 18.0 Å². The van der Waals surface area contributed by atoms with Gasteiger partial charge in [-0.2, -0.15) is 13.1 Å². The molecule has 0 saturated carbocycles. The Morgan fingerprint density at radius 3 is 2.67 bits per heavy atom. The van der Waals surface area contributed by atoms with Gasteiger partial charge in [0.2, 0.25) is 10.0 Å². The van der Waals surface area contributed by atoms with Gasteiger partial charge in [0.15, 0.2) is 0 Å². The summed E-state index contributed by atoms with van der Waals surface area (Å²) in [5, 5.41) is 2.76. The summed E-state index contributed by atoms with van der Waals surface area (Å²) in [4.78, 5) is 16.8. The Morgan fingerprint density at radius 2 is 1.88 bits per heavy atom. The van der Waals surface area contributed by atoms with Gasteiger partial charge in [-0.05, 0) is 60.0 Å². The highest BCUT2D eigenvalue weighted by molar-refractivity contribution is 7.89. The molecule has 0 aliphatic carbocycles. The fourth-order valence-electron chi connectivity index (χ4n) is 3.85. The zero-order chi connectivity index (χ0) is 23.2. The molecule has 10 heteroatoms. The van der Waals surface area contributed by atoms with E-state index in [0.29, 0.717) is 22.2 Å². The predicted octanol–water partition coefficient (Wildman–Crippen LogP) is 4.60. The standard InChI is InChI=1S/C23H20N4O3S3/c1-14-5-7-16-11-17(23(28)24-20(16)10-14)12-27(13-18-4-3-9-31-18)33(29,30)22-15(2)6-8-19-21(22)26-32-25-19/h3-11H,12-13H2,1-2H3,(H,24,28). The van der Waals surface area contributed by atoms with Gasteiger partial charge in [0, 0.05) is 29.0 Å². The molecule has 3 aromatic heterocycles. The number of hydrogen-bond donors (Lipinski definition) is 1. The van der Waals surface area contributed by atoms with Crippen LogP contribution >= 0.6 is 23.1 Å². The Kier molecular flexibility index (Phi) is 5.61. The number of sulfonamides is 1. The van der Waals surface area contributed by atoms with Crippen molar-refractivity contribution in [2.75, 3.05) is 0 Å². The SMILES string of the molecule is Cc1ccc2cc(CN(Cc3cccs3)S(=O)(=O)c3c(C)ccc4nsnc34)c(=O)[nH]c2c1. The minimum Gasteiger partial charge on any atom is -0.322 e. The molecule has 1 N–H and O–H groups in total. The number of nitrogens with one attached hydrogen (secondary N) is 1. The van der Waals surface area contributed by atoms with Gasteiger partial charge in [0.25, 0.3) is 5.56 Å². The fourth-order valence-corrected chi connectivity index (χ4v) is 7.00. The van der Waals surface area contributed by atoms with Crippen molar-refractivity contribution in [2.45, 2.75) is 31.8 Å². The van der Waals surface area contributed by atoms with Gasteiger partial charge in [0.05, 0.1) is 11.7 Å². The molecule has 5 aromatic rings. The van der Waals surface area contributed by atoms with E-state index < -0.39 is 10.0 Å². The van der Waals surface area contributed by atoms with Crippen molar-refractivity contribution in [3.05, 3.63) is 85.8 Å². The summed E-state index contributed by atoms with van der Waals surface area (Å²) in [6, 6.07) is 14.8. The first-order chi connectivity index (χ1) is 15.8. The maximum atomic E-state index is 14.0. The first-order valence-corrected chi connectivity index (χ1v) is 13.2. The van der Waals surface area contributed by atoms with Gasteiger partial charge in [0.1, 0.15) is 15.9 Å². The molecule has 0 bridgehead atoms. The summed E-state index contributed by atoms with van der Waals surface area (Å²) >= 11 is 2.45. The second-order valence-electron chi connectivity index (χ2n) is 7.91. The van der Waals surface area contributed by atoms with Crippen molar-refractivity contribution in [1.29, 1.82) is 0 Å². The largest absolute Gasteiger partial charge is 0.322 e. The van der Waals surface area contributed by atoms with Crippen molar-refractivity contribution in [3.8, 4) is 0 Å². The summed E-state index contributed by atoms with van der Waals surface area (Å²) in [6.45, 7) is 3.79. The quantitative estimate of drug-likeness (QED) is 0.371. The lowest BCUT2D eigenvalue weighted by atomic mass is 10.1. The average Bonchev–Trinajstić information content (AvgIpc) is 3.45. The van der Waals surface area contributed by atoms with E-state index in [2.05, 4.69) is 13.7 Å². The Hall–Kier alpha value is -2.92. The number of hydrogen-bond acceptors (Lipinski definition) is 7. The van der Waals surface area contributed by atoms with Gasteiger partial charge in [-0.15, -0.1) is 11.3 Å². The molecule has 168 valence electrons. The van der Waals surface area contributed by atoms with Crippen LogP contribution in [-0.2, 0) is 23.1 Å². The third kappa shape index (κ3) is 4.10. The molecule has 0 aliphatic heterocycles. The van der Waals surface area contributed by atoms with E-state index in [-0.39, 0.29) is 23.5 Å². The lowest BCUT2D eigenvalue weighted by Crippen LogP contribution is -2.33. The predicted molar refractivity (Wildman–Crippen MR) is 132 cm³/mol. The molecule has 0 fully saturated rings. The highest BCUT2D eigenvalue weighted by atomic mass is 32.2. The van der Waals surface area contributed by atoms with Crippen LogP contribution in [0.1, 0.15) is 21.6 Å². The Labute approximate surface area is 198 Å². The third-order valence-electron chi connectivity index (χ3n) is 5.51. The minimum absolute atomic E-state index is 0.0627. The summed E-state index contributed by atoms with van der Waals surface area (Å²) in [5.41, 5.74) is 3.34. The van der Waals surface area contributed by atoms with Crippen LogP contribution in [0.25, 0.3) is 21.9 Å². The molecular formula is C23H20N4O3S3. The van der Waals surface area contributed by atoms with Gasteiger partial charge < -0.3 is 4.98 Å². The highest BCUT2D eigenvalue weighted by Crippen LogP contribution is 2.30. The van der Waals surface area contributed by atoms with Gasteiger partial charge in [-0.1, -0.05) is 24.3 Å². The number of aromatic amines is 1. The molecule has 0 saturated heterocycles. The van der Waals surface area contributed by atoms with Crippen LogP contribution in [0.15, 0.2) is 63.6 Å². The molecule has 0 unspecified atom stereocenters. The smallest absolute Gasteiger partial charge is 0.252 e. The van der Waals surface area contributed by atoms with Crippen LogP contribution in [0.3, 0.4) is 0 Å². The molecule has 5 rings (SSSR count). The molecule has 33 heavy (non-hydrogen) atoms. The molecular weight excluding hydrogens is 476 g/mol. The number of aromatic nitrogens is 3. The number of aryl methyl sites for hydroxylation is 2. The third-order valence-corrected chi connectivity index (χ3v) is 8.89. The number of benzene rings is 2. The second kappa shape index (κ2) is 8.45. The van der Waals surface area contributed by atoms with Crippen LogP contribution in [0.2, 0.25) is 0 Å². The molecule has 0 aliphatic rings. The van der Waals surface area contributed by atoms with E-state index in [1.54, 1.807) is 25.1 Å². The van der Waals surface area contributed by atoms with Crippen molar-refractivity contribution >= 4 is 55.0 Å². The van der Waals surface area contributed by atoms with Gasteiger partial charge in [-0.25, -0.2) is 8.42 Å². The summed E-state index contributed by atoms with van der Waals surface area (Å²) in [5.74, 6) is 0. The maximum absolute atomic E-state index is 14.0. The molecule has 7 nitrogen and oxygen atoms in total. The Morgan fingerprint density at radius 1 is 1.03 bits per heavy atom. The van der Waals surface area contributed by atoms with Crippen molar-refractivity contribution < 1.29 is 8.42 Å². The average molecular weight is 497 g/mol. The maximum Gasteiger partial charge on any atom is 0.252 e. The topological polar surface area (TPSA) is 96.0 Å². The second-order valence-corrected chi connectivity index (χ2v) is 11.3. The monoisotopic (exact) mass is 496 g/mol. The van der Waals surface area contributed by atoms with E-state index in [0.717, 1.165) is 33.1 Å². The number of nitrogens with zero attached hydrogens (tertiary/aromatic N) is 3. The van der Waals surface area contributed by atoms with Crippen molar-refractivity contribution in [2.24, 2.45) is 0 Å². The summed E-state index contributed by atoms with van der Waals surface area (Å²) in [6.07, 6.45) is 0. The molecule has 0 spiro atoms. The number of fused-ring (bicyclic) bond motifs is 2. The van der Waals surface area contributed by atoms with E-state index in [9.17, 15) is 13.2 Å². The summed E-state index contributed by atoms with van der Waals surface area (Å²) in [7, 11) is -3.99. The van der Waals surface area contributed by atoms with Crippen LogP contribution < -0.4 is 5.56 Å². The van der Waals surface area contributed by atoms with Gasteiger partial charge >= 0.3 is 0 Å². The first-order valence-electron chi connectivity index (χ1n) is 10.2. The molecule has 0 amide bonds. The lowest BCUT2D eigenvalue weighted by molar-refractivity contribution is 0.403. The van der Waals surface area contributed by atoms with Crippen LogP contribution in [0, 0.1) is 13.8 Å². The number of H-pyrrole nitrogens is 1. The van der Waals surface area contributed by atoms with Crippen LogP contribution in [0.4, 0.5) is 0 Å². The Bertz CT molecular complexity index is 1640. The summed E-state index contributed by atoms with van der Waals surface area (Å²) < 4.78 is 37.8. The van der Waals surface area contributed by atoms with E-state index in [1.165, 1.54) is 15.6 Å². The van der Waals surface area contributed by atoms with Crippen LogP contribution in [0.5, 0.6) is 0 Å². The number of thiophene rings is 1. The molecule has 2 aromatic carbocycles. The Balaban J connectivity index is 1.64. The lowest BCUT2D eigenvalue weighted by Gasteiger charge is -2.23. The van der Waals surface area contributed by atoms with E-state index in [1.807, 2.05) is 42.6 Å².